The Morgan fingerprint density at radius 1 is 1.00 bits per heavy atom. The third kappa shape index (κ3) is 1.75. The normalized spacial score (nSPS) is 11.1. The Morgan fingerprint density at radius 2 is 1.72 bits per heavy atom. The molecule has 0 aliphatic rings. The van der Waals surface area contributed by atoms with E-state index in [0.29, 0.717) is 16.6 Å². The lowest BCUT2D eigenvalue weighted by Gasteiger charge is -2.02. The molecule has 0 N–H and O–H groups in total. The van der Waals surface area contributed by atoms with Crippen molar-refractivity contribution in [1.82, 2.24) is 15.1 Å². The number of benzene rings is 1. The van der Waals surface area contributed by atoms with Gasteiger partial charge in [0.15, 0.2) is 5.82 Å². The van der Waals surface area contributed by atoms with Gasteiger partial charge in [-0.2, -0.15) is 4.98 Å². The first-order chi connectivity index (χ1) is 8.65. The highest BCUT2D eigenvalue weighted by molar-refractivity contribution is 6.30. The fourth-order valence-corrected chi connectivity index (χ4v) is 2.04. The van der Waals surface area contributed by atoms with Crippen LogP contribution in [0.1, 0.15) is 11.4 Å². The summed E-state index contributed by atoms with van der Waals surface area (Å²) in [5, 5.41) is 5.48. The molecule has 0 amide bonds. The first-order valence-electron chi connectivity index (χ1n) is 5.52. The molecule has 4 nitrogen and oxygen atoms in total. The van der Waals surface area contributed by atoms with Gasteiger partial charge in [-0.3, -0.25) is 0 Å². The summed E-state index contributed by atoms with van der Waals surface area (Å²) >= 11 is 5.86. The van der Waals surface area contributed by atoms with Crippen molar-refractivity contribution in [3.8, 4) is 11.4 Å². The third-order valence-corrected chi connectivity index (χ3v) is 3.04. The molecule has 0 saturated carbocycles. The predicted molar refractivity (Wildman–Crippen MR) is 69.5 cm³/mol. The monoisotopic (exact) mass is 259 g/mol. The number of hydrogen-bond acceptors (Lipinski definition) is 4. The van der Waals surface area contributed by atoms with Crippen molar-refractivity contribution in [3.63, 3.8) is 0 Å². The van der Waals surface area contributed by atoms with E-state index in [1.807, 2.05) is 38.1 Å². The van der Waals surface area contributed by atoms with Gasteiger partial charge in [0.1, 0.15) is 0 Å². The molecule has 2 heterocycles. The number of hydrogen-bond donors (Lipinski definition) is 0. The molecule has 0 atom stereocenters. The van der Waals surface area contributed by atoms with Crippen molar-refractivity contribution in [2.24, 2.45) is 0 Å². The molecule has 2 aromatic heterocycles. The van der Waals surface area contributed by atoms with Crippen LogP contribution in [0.4, 0.5) is 0 Å². The topological polar surface area (TPSA) is 51.8 Å². The van der Waals surface area contributed by atoms with Gasteiger partial charge in [-0.05, 0) is 38.1 Å². The lowest BCUT2D eigenvalue weighted by Crippen LogP contribution is -1.93. The Morgan fingerprint density at radius 3 is 2.44 bits per heavy atom. The van der Waals surface area contributed by atoms with E-state index in [9.17, 15) is 0 Å². The van der Waals surface area contributed by atoms with Crippen LogP contribution in [0.5, 0.6) is 0 Å². The quantitative estimate of drug-likeness (QED) is 0.671. The van der Waals surface area contributed by atoms with Crippen molar-refractivity contribution in [2.75, 3.05) is 0 Å². The van der Waals surface area contributed by atoms with Crippen LogP contribution in [0.2, 0.25) is 5.02 Å². The summed E-state index contributed by atoms with van der Waals surface area (Å²) < 4.78 is 5.19. The highest BCUT2D eigenvalue weighted by Gasteiger charge is 2.12. The maximum atomic E-state index is 5.86. The van der Waals surface area contributed by atoms with E-state index < -0.39 is 0 Å². The highest BCUT2D eigenvalue weighted by Crippen LogP contribution is 2.24. The van der Waals surface area contributed by atoms with Gasteiger partial charge in [0, 0.05) is 10.6 Å². The molecule has 0 spiro atoms. The van der Waals surface area contributed by atoms with E-state index >= 15 is 0 Å². The Hall–Kier alpha value is -1.94. The molecule has 5 heteroatoms. The average molecular weight is 260 g/mol. The molecule has 0 saturated heterocycles. The minimum atomic E-state index is 0.518. The third-order valence-electron chi connectivity index (χ3n) is 2.79. The molecule has 0 radical (unpaired) electrons. The van der Waals surface area contributed by atoms with Gasteiger partial charge in [0.2, 0.25) is 0 Å². The Labute approximate surface area is 109 Å². The summed E-state index contributed by atoms with van der Waals surface area (Å²) in [6, 6.07) is 7.38. The molecule has 0 aliphatic carbocycles. The summed E-state index contributed by atoms with van der Waals surface area (Å²) in [5.41, 5.74) is 3.09. The summed E-state index contributed by atoms with van der Waals surface area (Å²) in [7, 11) is 0. The Balaban J connectivity index is 2.21. The maximum absolute atomic E-state index is 5.86. The van der Waals surface area contributed by atoms with E-state index in [0.717, 1.165) is 22.3 Å². The van der Waals surface area contributed by atoms with Gasteiger partial charge in [0.25, 0.3) is 5.71 Å². The van der Waals surface area contributed by atoms with Crippen LogP contribution in [0.25, 0.3) is 22.5 Å². The second-order valence-electron chi connectivity index (χ2n) is 4.09. The summed E-state index contributed by atoms with van der Waals surface area (Å²) in [6.07, 6.45) is 0. The van der Waals surface area contributed by atoms with Crippen LogP contribution in [-0.2, 0) is 0 Å². The zero-order chi connectivity index (χ0) is 12.7. The molecule has 0 aliphatic heterocycles. The van der Waals surface area contributed by atoms with Crippen molar-refractivity contribution < 1.29 is 4.52 Å². The van der Waals surface area contributed by atoms with Crippen molar-refractivity contribution in [2.45, 2.75) is 13.8 Å². The maximum Gasteiger partial charge on any atom is 0.261 e. The molecule has 0 unspecified atom stereocenters. The molecular formula is C13H10ClN3O. The minimum absolute atomic E-state index is 0.518. The van der Waals surface area contributed by atoms with E-state index in [-0.39, 0.29) is 0 Å². The predicted octanol–water partition coefficient (Wildman–Crippen LogP) is 3.56. The molecule has 0 bridgehead atoms. The van der Waals surface area contributed by atoms with Crippen LogP contribution in [0.3, 0.4) is 0 Å². The first-order valence-corrected chi connectivity index (χ1v) is 5.89. The zero-order valence-electron chi connectivity index (χ0n) is 9.94. The highest BCUT2D eigenvalue weighted by atomic mass is 35.5. The fourth-order valence-electron chi connectivity index (χ4n) is 1.91. The average Bonchev–Trinajstić information content (AvgIpc) is 2.72. The van der Waals surface area contributed by atoms with E-state index in [4.69, 9.17) is 16.1 Å². The number of aryl methyl sites for hydroxylation is 2. The van der Waals surface area contributed by atoms with Gasteiger partial charge >= 0.3 is 0 Å². The molecule has 3 rings (SSSR count). The molecule has 90 valence electrons. The van der Waals surface area contributed by atoms with E-state index in [1.54, 1.807) is 0 Å². The largest absolute Gasteiger partial charge is 0.335 e. The number of fused-ring (bicyclic) bond motifs is 1. The molecule has 0 fully saturated rings. The molecule has 18 heavy (non-hydrogen) atoms. The number of halogens is 1. The van der Waals surface area contributed by atoms with Crippen LogP contribution in [0.15, 0.2) is 28.8 Å². The van der Waals surface area contributed by atoms with Crippen LogP contribution in [0, 0.1) is 13.8 Å². The van der Waals surface area contributed by atoms with Crippen LogP contribution < -0.4 is 0 Å². The van der Waals surface area contributed by atoms with Gasteiger partial charge in [-0.1, -0.05) is 16.8 Å². The van der Waals surface area contributed by atoms with E-state index in [2.05, 4.69) is 15.1 Å². The standard InChI is InChI=1S/C13H10ClN3O/c1-7-11-8(2)17-18-13(11)16-12(15-7)9-3-5-10(14)6-4-9/h3-6H,1-2H3. The molecule has 3 aromatic rings. The zero-order valence-corrected chi connectivity index (χ0v) is 10.7. The van der Waals surface area contributed by atoms with Gasteiger partial charge < -0.3 is 4.52 Å². The smallest absolute Gasteiger partial charge is 0.261 e. The van der Waals surface area contributed by atoms with Crippen LogP contribution >= 0.6 is 11.6 Å². The minimum Gasteiger partial charge on any atom is -0.335 e. The van der Waals surface area contributed by atoms with Gasteiger partial charge in [-0.25, -0.2) is 4.98 Å². The molecular weight excluding hydrogens is 250 g/mol. The van der Waals surface area contributed by atoms with Crippen molar-refractivity contribution in [1.29, 1.82) is 0 Å². The SMILES string of the molecule is Cc1noc2nc(-c3ccc(Cl)cc3)nc(C)c12. The summed E-state index contributed by atoms with van der Waals surface area (Å²) in [6.45, 7) is 3.80. The summed E-state index contributed by atoms with van der Waals surface area (Å²) in [4.78, 5) is 8.85. The van der Waals surface area contributed by atoms with E-state index in [1.165, 1.54) is 0 Å². The second-order valence-corrected chi connectivity index (χ2v) is 4.52. The van der Waals surface area contributed by atoms with Gasteiger partial charge in [-0.15, -0.1) is 0 Å². The second kappa shape index (κ2) is 4.07. The first kappa shape index (κ1) is 11.2. The number of rotatable bonds is 1. The summed E-state index contributed by atoms with van der Waals surface area (Å²) in [5.74, 6) is 0.618. The van der Waals surface area contributed by atoms with Crippen LogP contribution in [-0.4, -0.2) is 15.1 Å². The Bertz CT molecular complexity index is 719. The van der Waals surface area contributed by atoms with Gasteiger partial charge in [0.05, 0.1) is 16.8 Å². The molecule has 1 aromatic carbocycles. The van der Waals surface area contributed by atoms with Crippen molar-refractivity contribution >= 4 is 22.7 Å². The lowest BCUT2D eigenvalue weighted by molar-refractivity contribution is 0.443. The number of aromatic nitrogens is 3. The lowest BCUT2D eigenvalue weighted by atomic mass is 10.2. The number of nitrogens with zero attached hydrogens (tertiary/aromatic N) is 3. The Kier molecular flexibility index (Phi) is 2.52. The fraction of sp³-hybridized carbons (Fsp3) is 0.154. The van der Waals surface area contributed by atoms with Crippen molar-refractivity contribution in [3.05, 3.63) is 40.7 Å².